The molecule has 0 spiro atoms. The van der Waals surface area contributed by atoms with Crippen LogP contribution in [0.15, 0.2) is 46.7 Å². The molecule has 1 heterocycles. The van der Waals surface area contributed by atoms with Crippen molar-refractivity contribution in [2.45, 2.75) is 30.0 Å². The van der Waals surface area contributed by atoms with Crippen LogP contribution < -0.4 is 5.32 Å². The smallest absolute Gasteiger partial charge is 0.269 e. The molecule has 5 nitrogen and oxygen atoms in total. The summed E-state index contributed by atoms with van der Waals surface area (Å²) in [4.78, 5) is 24.3. The average Bonchev–Trinajstić information content (AvgIpc) is 3.02. The Kier molecular flexibility index (Phi) is 5.57. The van der Waals surface area contributed by atoms with Crippen molar-refractivity contribution in [3.05, 3.63) is 56.8 Å². The summed E-state index contributed by atoms with van der Waals surface area (Å²) in [6, 6.07) is 10.1. The van der Waals surface area contributed by atoms with Crippen molar-refractivity contribution in [1.29, 1.82) is 0 Å². The molecule has 116 valence electrons. The second kappa shape index (κ2) is 7.42. The number of hydrogen-bond donors (Lipinski definition) is 1. The molecule has 22 heavy (non-hydrogen) atoms. The molecule has 1 amide bonds. The number of nitro benzene ring substituents is 1. The Balaban J connectivity index is 1.92. The third kappa shape index (κ3) is 4.32. The van der Waals surface area contributed by atoms with Crippen LogP contribution in [0.25, 0.3) is 0 Å². The van der Waals surface area contributed by atoms with Gasteiger partial charge in [-0.05, 0) is 37.4 Å². The second-order valence-electron chi connectivity index (χ2n) is 4.76. The molecule has 1 aromatic heterocycles. The molecule has 2 unspecified atom stereocenters. The van der Waals surface area contributed by atoms with Gasteiger partial charge in [-0.25, -0.2) is 0 Å². The van der Waals surface area contributed by atoms with Gasteiger partial charge in [-0.15, -0.1) is 23.1 Å². The fourth-order valence-electron chi connectivity index (χ4n) is 1.84. The van der Waals surface area contributed by atoms with E-state index in [2.05, 4.69) is 5.32 Å². The Morgan fingerprint density at radius 3 is 2.50 bits per heavy atom. The van der Waals surface area contributed by atoms with E-state index in [0.717, 1.165) is 9.77 Å². The third-order valence-corrected chi connectivity index (χ3v) is 5.23. The number of thiophene rings is 1. The zero-order chi connectivity index (χ0) is 16.1. The Bertz CT molecular complexity index is 641. The molecule has 1 N–H and O–H groups in total. The number of amides is 1. The molecule has 0 saturated carbocycles. The number of carbonyl (C=O) groups is 1. The standard InChI is InChI=1S/C15H16N2O3S2/c1-10(14-4-3-9-21-14)16-15(18)11(2)22-13-7-5-12(6-8-13)17(19)20/h3-11H,1-2H3,(H,16,18). The van der Waals surface area contributed by atoms with Crippen LogP contribution in [-0.4, -0.2) is 16.1 Å². The predicted molar refractivity (Wildman–Crippen MR) is 89.3 cm³/mol. The molecule has 0 aliphatic heterocycles. The quantitative estimate of drug-likeness (QED) is 0.491. The van der Waals surface area contributed by atoms with Crippen LogP contribution in [0.3, 0.4) is 0 Å². The highest BCUT2D eigenvalue weighted by molar-refractivity contribution is 8.00. The fraction of sp³-hybridized carbons (Fsp3) is 0.267. The maximum absolute atomic E-state index is 12.2. The first-order valence-electron chi connectivity index (χ1n) is 6.72. The minimum atomic E-state index is -0.437. The number of hydrogen-bond acceptors (Lipinski definition) is 5. The second-order valence-corrected chi connectivity index (χ2v) is 7.15. The summed E-state index contributed by atoms with van der Waals surface area (Å²) < 4.78 is 0. The number of nitrogens with zero attached hydrogens (tertiary/aromatic N) is 1. The number of carbonyl (C=O) groups excluding carboxylic acids is 1. The normalized spacial score (nSPS) is 13.4. The van der Waals surface area contributed by atoms with Crippen LogP contribution in [0.1, 0.15) is 24.8 Å². The van der Waals surface area contributed by atoms with Gasteiger partial charge in [-0.3, -0.25) is 14.9 Å². The van der Waals surface area contributed by atoms with Crippen LogP contribution in [0.2, 0.25) is 0 Å². The van der Waals surface area contributed by atoms with E-state index in [-0.39, 0.29) is 22.9 Å². The summed E-state index contributed by atoms with van der Waals surface area (Å²) in [5.41, 5.74) is 0.0489. The van der Waals surface area contributed by atoms with Gasteiger partial charge in [0, 0.05) is 21.9 Å². The van der Waals surface area contributed by atoms with Crippen molar-refractivity contribution in [1.82, 2.24) is 5.32 Å². The van der Waals surface area contributed by atoms with Crippen LogP contribution in [0.4, 0.5) is 5.69 Å². The maximum atomic E-state index is 12.2. The van der Waals surface area contributed by atoms with Gasteiger partial charge < -0.3 is 5.32 Å². The Labute approximate surface area is 136 Å². The predicted octanol–water partition coefficient (Wildman–Crippen LogP) is 4.01. The zero-order valence-electron chi connectivity index (χ0n) is 12.2. The number of rotatable bonds is 6. The molecule has 0 aliphatic carbocycles. The van der Waals surface area contributed by atoms with E-state index in [1.54, 1.807) is 23.5 Å². The summed E-state index contributed by atoms with van der Waals surface area (Å²) >= 11 is 2.99. The average molecular weight is 336 g/mol. The summed E-state index contributed by atoms with van der Waals surface area (Å²) in [6.45, 7) is 3.77. The van der Waals surface area contributed by atoms with Gasteiger partial charge in [-0.2, -0.15) is 0 Å². The number of nitrogens with one attached hydrogen (secondary N) is 1. The van der Waals surface area contributed by atoms with Gasteiger partial charge in [0.05, 0.1) is 16.2 Å². The third-order valence-electron chi connectivity index (χ3n) is 3.06. The minimum absolute atomic E-state index is 0.0209. The van der Waals surface area contributed by atoms with Crippen LogP contribution in [0.5, 0.6) is 0 Å². The van der Waals surface area contributed by atoms with Gasteiger partial charge in [-0.1, -0.05) is 6.07 Å². The van der Waals surface area contributed by atoms with E-state index < -0.39 is 4.92 Å². The first-order valence-corrected chi connectivity index (χ1v) is 8.48. The Hall–Kier alpha value is -1.86. The van der Waals surface area contributed by atoms with Gasteiger partial charge in [0.25, 0.3) is 5.69 Å². The summed E-state index contributed by atoms with van der Waals surface area (Å²) in [5, 5.41) is 15.3. The van der Waals surface area contributed by atoms with E-state index in [1.165, 1.54) is 23.9 Å². The van der Waals surface area contributed by atoms with Crippen molar-refractivity contribution in [2.24, 2.45) is 0 Å². The molecule has 0 saturated heterocycles. The van der Waals surface area contributed by atoms with Crippen LogP contribution in [0, 0.1) is 10.1 Å². The van der Waals surface area contributed by atoms with Crippen molar-refractivity contribution in [2.75, 3.05) is 0 Å². The fourth-order valence-corrected chi connectivity index (χ4v) is 3.45. The van der Waals surface area contributed by atoms with E-state index in [9.17, 15) is 14.9 Å². The van der Waals surface area contributed by atoms with Gasteiger partial charge in [0.1, 0.15) is 0 Å². The van der Waals surface area contributed by atoms with E-state index >= 15 is 0 Å². The molecule has 0 fully saturated rings. The molecule has 1 aromatic carbocycles. The SMILES string of the molecule is CC(Sc1ccc([N+](=O)[O-])cc1)C(=O)NC(C)c1cccs1. The molecule has 0 bridgehead atoms. The lowest BCUT2D eigenvalue weighted by molar-refractivity contribution is -0.384. The first-order chi connectivity index (χ1) is 10.5. The molecule has 0 radical (unpaired) electrons. The van der Waals surface area contributed by atoms with Gasteiger partial charge in [0.15, 0.2) is 0 Å². The summed E-state index contributed by atoms with van der Waals surface area (Å²) in [5.74, 6) is -0.0516. The molecule has 2 rings (SSSR count). The minimum Gasteiger partial charge on any atom is -0.348 e. The van der Waals surface area contributed by atoms with Crippen LogP contribution in [-0.2, 0) is 4.79 Å². The lowest BCUT2D eigenvalue weighted by atomic mass is 10.2. The number of thioether (sulfide) groups is 1. The van der Waals surface area contributed by atoms with E-state index in [0.29, 0.717) is 0 Å². The summed E-state index contributed by atoms with van der Waals surface area (Å²) in [7, 11) is 0. The molecule has 0 aliphatic rings. The lowest BCUT2D eigenvalue weighted by Crippen LogP contribution is -2.32. The highest BCUT2D eigenvalue weighted by Gasteiger charge is 2.18. The number of non-ortho nitro benzene ring substituents is 1. The molecule has 2 aromatic rings. The largest absolute Gasteiger partial charge is 0.348 e. The highest BCUT2D eigenvalue weighted by atomic mass is 32.2. The van der Waals surface area contributed by atoms with E-state index in [1.807, 2.05) is 31.4 Å². The maximum Gasteiger partial charge on any atom is 0.269 e. The van der Waals surface area contributed by atoms with Crippen molar-refractivity contribution in [3.63, 3.8) is 0 Å². The monoisotopic (exact) mass is 336 g/mol. The van der Waals surface area contributed by atoms with Crippen molar-refractivity contribution >= 4 is 34.7 Å². The molecule has 7 heteroatoms. The zero-order valence-corrected chi connectivity index (χ0v) is 13.8. The molecular formula is C15H16N2O3S2. The van der Waals surface area contributed by atoms with Gasteiger partial charge in [0.2, 0.25) is 5.91 Å². The number of nitro groups is 1. The summed E-state index contributed by atoms with van der Waals surface area (Å²) in [6.07, 6.45) is 0. The van der Waals surface area contributed by atoms with E-state index in [4.69, 9.17) is 0 Å². The Morgan fingerprint density at radius 1 is 1.27 bits per heavy atom. The lowest BCUT2D eigenvalue weighted by Gasteiger charge is -2.16. The van der Waals surface area contributed by atoms with Crippen LogP contribution >= 0.6 is 23.1 Å². The van der Waals surface area contributed by atoms with Crippen molar-refractivity contribution in [3.8, 4) is 0 Å². The Morgan fingerprint density at radius 2 is 1.95 bits per heavy atom. The topological polar surface area (TPSA) is 72.2 Å². The molecule has 2 atom stereocenters. The number of benzene rings is 1. The molecular weight excluding hydrogens is 320 g/mol. The van der Waals surface area contributed by atoms with Gasteiger partial charge >= 0.3 is 0 Å². The van der Waals surface area contributed by atoms with Crippen molar-refractivity contribution < 1.29 is 9.72 Å². The first kappa shape index (κ1) is 16.5. The highest BCUT2D eigenvalue weighted by Crippen LogP contribution is 2.26.